The Kier molecular flexibility index (Phi) is 3.31. The molecule has 20 heavy (non-hydrogen) atoms. The Labute approximate surface area is 119 Å². The van der Waals surface area contributed by atoms with Crippen LogP contribution in [0.4, 0.5) is 5.82 Å². The molecular weight excluding hydrogens is 278 g/mol. The minimum Gasteiger partial charge on any atom is -0.480 e. The Bertz CT molecular complexity index is 668. The molecule has 2 aromatic rings. The standard InChI is InChI=1S/C13H15N3O3S/c1-6(17)10(13(18)19)16-11-9-7-3-2-4-8(7)20-12(9)15-5-14-11/h5-6,10,17H,2-4H2,1H3,(H,18,19)(H,14,15,16). The van der Waals surface area contributed by atoms with Crippen molar-refractivity contribution in [2.24, 2.45) is 0 Å². The fourth-order valence-corrected chi connectivity index (χ4v) is 3.80. The van der Waals surface area contributed by atoms with E-state index in [-0.39, 0.29) is 0 Å². The lowest BCUT2D eigenvalue weighted by molar-refractivity contribution is -0.140. The first-order chi connectivity index (χ1) is 9.58. The predicted molar refractivity (Wildman–Crippen MR) is 76.2 cm³/mol. The number of rotatable bonds is 4. The van der Waals surface area contributed by atoms with Crippen LogP contribution in [-0.2, 0) is 17.6 Å². The topological polar surface area (TPSA) is 95.3 Å². The van der Waals surface area contributed by atoms with Crippen LogP contribution in [0, 0.1) is 0 Å². The van der Waals surface area contributed by atoms with Crippen molar-refractivity contribution < 1.29 is 15.0 Å². The number of anilines is 1. The molecule has 7 heteroatoms. The SMILES string of the molecule is CC(O)C(Nc1ncnc2sc3c(c12)CCC3)C(=O)O. The van der Waals surface area contributed by atoms with Crippen LogP contribution in [0.3, 0.4) is 0 Å². The molecule has 2 heterocycles. The number of aliphatic hydroxyl groups is 1. The van der Waals surface area contributed by atoms with Crippen LogP contribution in [0.2, 0.25) is 0 Å². The molecule has 6 nitrogen and oxygen atoms in total. The molecule has 1 aliphatic carbocycles. The van der Waals surface area contributed by atoms with Gasteiger partial charge in [0.05, 0.1) is 11.5 Å². The smallest absolute Gasteiger partial charge is 0.328 e. The third-order valence-electron chi connectivity index (χ3n) is 3.54. The van der Waals surface area contributed by atoms with E-state index in [9.17, 15) is 9.90 Å². The number of aromatic nitrogens is 2. The summed E-state index contributed by atoms with van der Waals surface area (Å²) in [4.78, 5) is 21.8. The third kappa shape index (κ3) is 2.12. The largest absolute Gasteiger partial charge is 0.480 e. The summed E-state index contributed by atoms with van der Waals surface area (Å²) in [5.41, 5.74) is 1.22. The summed E-state index contributed by atoms with van der Waals surface area (Å²) < 4.78 is 0. The summed E-state index contributed by atoms with van der Waals surface area (Å²) in [5, 5.41) is 22.5. The summed E-state index contributed by atoms with van der Waals surface area (Å²) in [5.74, 6) is -0.596. The van der Waals surface area contributed by atoms with Crippen molar-refractivity contribution in [2.75, 3.05) is 5.32 Å². The number of fused-ring (bicyclic) bond motifs is 3. The van der Waals surface area contributed by atoms with Gasteiger partial charge in [-0.2, -0.15) is 0 Å². The average molecular weight is 293 g/mol. The maximum Gasteiger partial charge on any atom is 0.328 e. The first kappa shape index (κ1) is 13.3. The first-order valence-corrected chi connectivity index (χ1v) is 7.32. The van der Waals surface area contributed by atoms with E-state index in [1.165, 1.54) is 23.7 Å². The second-order valence-corrected chi connectivity index (χ2v) is 6.04. The predicted octanol–water partition coefficient (Wildman–Crippen LogP) is 1.43. The summed E-state index contributed by atoms with van der Waals surface area (Å²) in [7, 11) is 0. The van der Waals surface area contributed by atoms with Gasteiger partial charge in [0.25, 0.3) is 0 Å². The Morgan fingerprint density at radius 1 is 1.45 bits per heavy atom. The number of nitrogens with one attached hydrogen (secondary N) is 1. The van der Waals surface area contributed by atoms with Crippen molar-refractivity contribution in [1.29, 1.82) is 0 Å². The van der Waals surface area contributed by atoms with Crippen LogP contribution in [0.5, 0.6) is 0 Å². The van der Waals surface area contributed by atoms with Gasteiger partial charge >= 0.3 is 5.97 Å². The molecule has 0 aliphatic heterocycles. The molecule has 0 amide bonds. The summed E-state index contributed by atoms with van der Waals surface area (Å²) >= 11 is 1.64. The highest BCUT2D eigenvalue weighted by molar-refractivity contribution is 7.19. The van der Waals surface area contributed by atoms with Gasteiger partial charge in [0.15, 0.2) is 6.04 Å². The zero-order chi connectivity index (χ0) is 14.3. The normalized spacial score (nSPS) is 16.9. The van der Waals surface area contributed by atoms with E-state index in [4.69, 9.17) is 5.11 Å². The molecule has 2 unspecified atom stereocenters. The van der Waals surface area contributed by atoms with Crippen LogP contribution in [-0.4, -0.2) is 38.3 Å². The Morgan fingerprint density at radius 2 is 2.25 bits per heavy atom. The summed E-state index contributed by atoms with van der Waals surface area (Å²) in [6, 6.07) is -1.08. The number of carbonyl (C=O) groups is 1. The quantitative estimate of drug-likeness (QED) is 0.789. The van der Waals surface area contributed by atoms with Crippen LogP contribution >= 0.6 is 11.3 Å². The van der Waals surface area contributed by atoms with E-state index in [2.05, 4.69) is 15.3 Å². The Hall–Kier alpha value is -1.73. The van der Waals surface area contributed by atoms with Crippen LogP contribution < -0.4 is 5.32 Å². The van der Waals surface area contributed by atoms with E-state index in [0.29, 0.717) is 5.82 Å². The van der Waals surface area contributed by atoms with Crippen LogP contribution in [0.1, 0.15) is 23.8 Å². The molecule has 2 atom stereocenters. The molecule has 0 fully saturated rings. The maximum absolute atomic E-state index is 11.2. The highest BCUT2D eigenvalue weighted by Gasteiger charge is 2.26. The van der Waals surface area contributed by atoms with E-state index in [0.717, 1.165) is 29.5 Å². The number of aryl methyl sites for hydroxylation is 2. The molecule has 0 aromatic carbocycles. The zero-order valence-corrected chi connectivity index (χ0v) is 11.8. The van der Waals surface area contributed by atoms with Gasteiger partial charge in [-0.05, 0) is 31.7 Å². The van der Waals surface area contributed by atoms with E-state index < -0.39 is 18.1 Å². The molecule has 0 saturated heterocycles. The van der Waals surface area contributed by atoms with Gasteiger partial charge in [-0.15, -0.1) is 11.3 Å². The number of carboxylic acids is 1. The molecule has 0 bridgehead atoms. The van der Waals surface area contributed by atoms with Gasteiger partial charge in [0.1, 0.15) is 17.0 Å². The number of hydrogen-bond acceptors (Lipinski definition) is 6. The molecule has 1 aliphatic rings. The van der Waals surface area contributed by atoms with E-state index in [1.807, 2.05) is 0 Å². The average Bonchev–Trinajstić information content (AvgIpc) is 2.94. The van der Waals surface area contributed by atoms with E-state index >= 15 is 0 Å². The van der Waals surface area contributed by atoms with Gasteiger partial charge in [-0.25, -0.2) is 14.8 Å². The maximum atomic E-state index is 11.2. The van der Waals surface area contributed by atoms with Crippen molar-refractivity contribution in [3.63, 3.8) is 0 Å². The Morgan fingerprint density at radius 3 is 2.95 bits per heavy atom. The molecule has 3 rings (SSSR count). The van der Waals surface area contributed by atoms with Gasteiger partial charge in [0.2, 0.25) is 0 Å². The minimum atomic E-state index is -1.10. The molecule has 3 N–H and O–H groups in total. The van der Waals surface area contributed by atoms with Crippen molar-refractivity contribution in [3.8, 4) is 0 Å². The number of thiophene rings is 1. The van der Waals surface area contributed by atoms with Crippen LogP contribution in [0.15, 0.2) is 6.33 Å². The van der Waals surface area contributed by atoms with Crippen molar-refractivity contribution >= 4 is 33.3 Å². The Balaban J connectivity index is 2.05. The number of hydrogen-bond donors (Lipinski definition) is 3. The number of nitrogens with zero attached hydrogens (tertiary/aromatic N) is 2. The molecule has 0 radical (unpaired) electrons. The van der Waals surface area contributed by atoms with Gasteiger partial charge in [0, 0.05) is 4.88 Å². The molecule has 2 aromatic heterocycles. The fraction of sp³-hybridized carbons (Fsp3) is 0.462. The minimum absolute atomic E-state index is 0.503. The molecule has 106 valence electrons. The number of aliphatic carboxylic acids is 1. The highest BCUT2D eigenvalue weighted by Crippen LogP contribution is 2.39. The van der Waals surface area contributed by atoms with Gasteiger partial charge in [-0.3, -0.25) is 0 Å². The number of carboxylic acid groups (broad SMARTS) is 1. The van der Waals surface area contributed by atoms with Crippen LogP contribution in [0.25, 0.3) is 10.2 Å². The molecular formula is C13H15N3O3S. The van der Waals surface area contributed by atoms with Crippen molar-refractivity contribution in [2.45, 2.75) is 38.3 Å². The fourth-order valence-electron chi connectivity index (χ4n) is 2.57. The first-order valence-electron chi connectivity index (χ1n) is 6.50. The second-order valence-electron chi connectivity index (χ2n) is 4.96. The lowest BCUT2D eigenvalue weighted by atomic mass is 10.1. The van der Waals surface area contributed by atoms with Gasteiger partial charge < -0.3 is 15.5 Å². The highest BCUT2D eigenvalue weighted by atomic mass is 32.1. The number of aliphatic hydroxyl groups excluding tert-OH is 1. The molecule has 0 saturated carbocycles. The monoisotopic (exact) mass is 293 g/mol. The van der Waals surface area contributed by atoms with Crippen molar-refractivity contribution in [1.82, 2.24) is 9.97 Å². The van der Waals surface area contributed by atoms with Crippen molar-refractivity contribution in [3.05, 3.63) is 16.8 Å². The summed E-state index contributed by atoms with van der Waals surface area (Å²) in [6.07, 6.45) is 3.56. The lowest BCUT2D eigenvalue weighted by Gasteiger charge is -2.18. The third-order valence-corrected chi connectivity index (χ3v) is 4.74. The van der Waals surface area contributed by atoms with E-state index in [1.54, 1.807) is 11.3 Å². The second kappa shape index (κ2) is 4.99. The van der Waals surface area contributed by atoms with Gasteiger partial charge in [-0.1, -0.05) is 0 Å². The molecule has 0 spiro atoms. The zero-order valence-electron chi connectivity index (χ0n) is 11.0. The lowest BCUT2D eigenvalue weighted by Crippen LogP contribution is -2.39. The summed E-state index contributed by atoms with van der Waals surface area (Å²) in [6.45, 7) is 1.45.